The average Bonchev–Trinajstić information content (AvgIpc) is 3.42. The Bertz CT molecular complexity index is 1190. The Kier molecular flexibility index (Phi) is 5.33. The van der Waals surface area contributed by atoms with E-state index in [1.54, 1.807) is 4.90 Å². The van der Waals surface area contributed by atoms with Crippen LogP contribution in [0.4, 0.5) is 11.4 Å². The molecule has 0 radical (unpaired) electrons. The van der Waals surface area contributed by atoms with Gasteiger partial charge in [-0.05, 0) is 62.9 Å². The largest absolute Gasteiger partial charge is 0.339 e. The normalized spacial score (nSPS) is 18.8. The highest BCUT2D eigenvalue weighted by Gasteiger charge is 2.35. The number of aromatic nitrogens is 2. The molecule has 166 valence electrons. The SMILES string of the molecule is Cc1ccc(N2CC(C(=O)Nc3cc(-c4noc(C5CCC5)n4)sc3C)CC2=O)cc1C. The summed E-state index contributed by atoms with van der Waals surface area (Å²) in [6, 6.07) is 7.85. The minimum Gasteiger partial charge on any atom is -0.339 e. The summed E-state index contributed by atoms with van der Waals surface area (Å²) in [5, 5.41) is 7.14. The molecule has 2 aromatic heterocycles. The number of nitrogens with zero attached hydrogens (tertiary/aromatic N) is 3. The quantitative estimate of drug-likeness (QED) is 0.592. The van der Waals surface area contributed by atoms with Crippen LogP contribution in [0.5, 0.6) is 0 Å². The van der Waals surface area contributed by atoms with Gasteiger partial charge in [0, 0.05) is 29.4 Å². The second-order valence-electron chi connectivity index (χ2n) is 8.83. The average molecular weight is 451 g/mol. The minimum atomic E-state index is -0.387. The molecule has 1 saturated heterocycles. The Balaban J connectivity index is 1.27. The Morgan fingerprint density at radius 2 is 2.00 bits per heavy atom. The summed E-state index contributed by atoms with van der Waals surface area (Å²) < 4.78 is 5.43. The van der Waals surface area contributed by atoms with Gasteiger partial charge in [0.25, 0.3) is 0 Å². The molecule has 1 unspecified atom stereocenters. The molecule has 32 heavy (non-hydrogen) atoms. The number of aryl methyl sites for hydroxylation is 3. The van der Waals surface area contributed by atoms with E-state index < -0.39 is 0 Å². The Labute approximate surface area is 190 Å². The van der Waals surface area contributed by atoms with Gasteiger partial charge in [-0.2, -0.15) is 4.98 Å². The third kappa shape index (κ3) is 3.83. The van der Waals surface area contributed by atoms with Gasteiger partial charge >= 0.3 is 0 Å². The highest BCUT2D eigenvalue weighted by molar-refractivity contribution is 7.16. The van der Waals surface area contributed by atoms with Crippen LogP contribution in [0.3, 0.4) is 0 Å². The first-order chi connectivity index (χ1) is 15.4. The maximum Gasteiger partial charge on any atom is 0.230 e. The first kappa shape index (κ1) is 20.9. The summed E-state index contributed by atoms with van der Waals surface area (Å²) in [5.41, 5.74) is 3.90. The van der Waals surface area contributed by atoms with Gasteiger partial charge in [-0.15, -0.1) is 11.3 Å². The molecule has 8 heteroatoms. The van der Waals surface area contributed by atoms with Gasteiger partial charge < -0.3 is 14.7 Å². The molecule has 1 atom stereocenters. The molecule has 2 fully saturated rings. The lowest BCUT2D eigenvalue weighted by atomic mass is 9.85. The van der Waals surface area contributed by atoms with E-state index in [2.05, 4.69) is 15.5 Å². The van der Waals surface area contributed by atoms with Gasteiger partial charge in [-0.1, -0.05) is 17.6 Å². The van der Waals surface area contributed by atoms with Crippen LogP contribution in [0, 0.1) is 26.7 Å². The number of carbonyl (C=O) groups is 2. The van der Waals surface area contributed by atoms with Crippen LogP contribution in [0.15, 0.2) is 28.8 Å². The number of hydrogen-bond donors (Lipinski definition) is 1. The summed E-state index contributed by atoms with van der Waals surface area (Å²) in [6.07, 6.45) is 3.63. The summed E-state index contributed by atoms with van der Waals surface area (Å²) >= 11 is 1.53. The number of rotatable bonds is 5. The summed E-state index contributed by atoms with van der Waals surface area (Å²) in [4.78, 5) is 33.7. The zero-order chi connectivity index (χ0) is 22.4. The predicted molar refractivity (Wildman–Crippen MR) is 124 cm³/mol. The smallest absolute Gasteiger partial charge is 0.230 e. The number of nitrogens with one attached hydrogen (secondary N) is 1. The maximum atomic E-state index is 13.0. The Morgan fingerprint density at radius 1 is 1.19 bits per heavy atom. The van der Waals surface area contributed by atoms with Crippen molar-refractivity contribution < 1.29 is 14.1 Å². The van der Waals surface area contributed by atoms with Gasteiger partial charge in [0.15, 0.2) is 0 Å². The molecule has 1 aliphatic heterocycles. The zero-order valence-electron chi connectivity index (χ0n) is 18.5. The van der Waals surface area contributed by atoms with Crippen molar-refractivity contribution in [2.45, 2.75) is 52.4 Å². The lowest BCUT2D eigenvalue weighted by Crippen LogP contribution is -2.28. The van der Waals surface area contributed by atoms with E-state index in [0.717, 1.165) is 39.5 Å². The number of benzene rings is 1. The van der Waals surface area contributed by atoms with Crippen LogP contribution >= 0.6 is 11.3 Å². The zero-order valence-corrected chi connectivity index (χ0v) is 19.3. The third-order valence-corrected chi connectivity index (χ3v) is 7.64. The first-order valence-corrected chi connectivity index (χ1v) is 11.8. The van der Waals surface area contributed by atoms with Crippen molar-refractivity contribution in [3.05, 3.63) is 46.2 Å². The van der Waals surface area contributed by atoms with E-state index in [0.29, 0.717) is 24.2 Å². The molecular weight excluding hydrogens is 424 g/mol. The lowest BCUT2D eigenvalue weighted by molar-refractivity contribution is -0.122. The van der Waals surface area contributed by atoms with Crippen molar-refractivity contribution in [2.75, 3.05) is 16.8 Å². The van der Waals surface area contributed by atoms with Gasteiger partial charge in [-0.25, -0.2) is 0 Å². The molecule has 3 aromatic rings. The van der Waals surface area contributed by atoms with Crippen molar-refractivity contribution in [1.29, 1.82) is 0 Å². The summed E-state index contributed by atoms with van der Waals surface area (Å²) in [6.45, 7) is 6.41. The molecule has 7 nitrogen and oxygen atoms in total. The van der Waals surface area contributed by atoms with Gasteiger partial charge in [0.1, 0.15) is 0 Å². The van der Waals surface area contributed by atoms with E-state index in [4.69, 9.17) is 4.52 Å². The first-order valence-electron chi connectivity index (χ1n) is 11.0. The van der Waals surface area contributed by atoms with Crippen LogP contribution in [-0.4, -0.2) is 28.5 Å². The van der Waals surface area contributed by atoms with Crippen molar-refractivity contribution in [2.24, 2.45) is 5.92 Å². The maximum absolute atomic E-state index is 13.0. The molecule has 1 N–H and O–H groups in total. The van der Waals surface area contributed by atoms with E-state index in [-0.39, 0.29) is 24.2 Å². The van der Waals surface area contributed by atoms with Crippen molar-refractivity contribution in [3.8, 4) is 10.7 Å². The van der Waals surface area contributed by atoms with Crippen LogP contribution in [0.2, 0.25) is 0 Å². The molecule has 3 heterocycles. The molecule has 0 spiro atoms. The summed E-state index contributed by atoms with van der Waals surface area (Å²) in [5.74, 6) is 1.11. The molecule has 1 aliphatic carbocycles. The Hall–Kier alpha value is -3.00. The highest BCUT2D eigenvalue weighted by Crippen LogP contribution is 2.38. The second-order valence-corrected chi connectivity index (χ2v) is 10.1. The number of amides is 2. The number of anilines is 2. The van der Waals surface area contributed by atoms with E-state index in [1.807, 2.05) is 45.0 Å². The van der Waals surface area contributed by atoms with Gasteiger partial charge in [-0.3, -0.25) is 9.59 Å². The van der Waals surface area contributed by atoms with Crippen LogP contribution in [-0.2, 0) is 9.59 Å². The number of hydrogen-bond acceptors (Lipinski definition) is 6. The Morgan fingerprint density at radius 3 is 2.72 bits per heavy atom. The molecule has 0 bridgehead atoms. The minimum absolute atomic E-state index is 0.0218. The lowest BCUT2D eigenvalue weighted by Gasteiger charge is -2.20. The van der Waals surface area contributed by atoms with E-state index >= 15 is 0 Å². The highest BCUT2D eigenvalue weighted by atomic mass is 32.1. The fraction of sp³-hybridized carbons (Fsp3) is 0.417. The molecular formula is C24H26N4O3S. The van der Waals surface area contributed by atoms with Gasteiger partial charge in [0.2, 0.25) is 23.5 Å². The topological polar surface area (TPSA) is 88.3 Å². The monoisotopic (exact) mass is 450 g/mol. The molecule has 1 saturated carbocycles. The summed E-state index contributed by atoms with van der Waals surface area (Å²) in [7, 11) is 0. The number of carbonyl (C=O) groups excluding carboxylic acids is 2. The standard InChI is InChI=1S/C24H26N4O3S/c1-13-7-8-18(9-14(13)2)28-12-17(10-21(28)29)23(30)25-19-11-20(32-15(19)3)22-26-24(31-27-22)16-5-4-6-16/h7-9,11,16-17H,4-6,10,12H2,1-3H3,(H,25,30). The van der Waals surface area contributed by atoms with Gasteiger partial charge in [0.05, 0.1) is 16.5 Å². The van der Waals surface area contributed by atoms with E-state index in [9.17, 15) is 9.59 Å². The van der Waals surface area contributed by atoms with Crippen molar-refractivity contribution in [1.82, 2.24) is 10.1 Å². The second kappa shape index (κ2) is 8.16. The van der Waals surface area contributed by atoms with Crippen LogP contribution < -0.4 is 10.2 Å². The van der Waals surface area contributed by atoms with Crippen molar-refractivity contribution in [3.63, 3.8) is 0 Å². The van der Waals surface area contributed by atoms with Crippen LogP contribution in [0.1, 0.15) is 53.5 Å². The fourth-order valence-corrected chi connectivity index (χ4v) is 5.03. The molecule has 2 amide bonds. The van der Waals surface area contributed by atoms with Crippen LogP contribution in [0.25, 0.3) is 10.7 Å². The van der Waals surface area contributed by atoms with E-state index in [1.165, 1.54) is 23.3 Å². The van der Waals surface area contributed by atoms with Crippen molar-refractivity contribution >= 4 is 34.5 Å². The fourth-order valence-electron chi connectivity index (χ4n) is 4.13. The number of thiophene rings is 1. The molecule has 1 aromatic carbocycles. The third-order valence-electron chi connectivity index (χ3n) is 6.59. The molecule has 5 rings (SSSR count). The molecule has 2 aliphatic rings. The predicted octanol–water partition coefficient (Wildman–Crippen LogP) is 4.98.